The lowest BCUT2D eigenvalue weighted by molar-refractivity contribution is 0.675. The highest BCUT2D eigenvalue weighted by Crippen LogP contribution is 2.10. The van der Waals surface area contributed by atoms with Crippen LogP contribution in [0.4, 0.5) is 0 Å². The second kappa shape index (κ2) is 3.84. The van der Waals surface area contributed by atoms with Gasteiger partial charge in [0.15, 0.2) is 0 Å². The van der Waals surface area contributed by atoms with Crippen LogP contribution in [0.3, 0.4) is 0 Å². The molecule has 1 atom stereocenters. The van der Waals surface area contributed by atoms with Crippen LogP contribution in [-0.2, 0) is 0 Å². The van der Waals surface area contributed by atoms with E-state index in [-0.39, 0.29) is 6.04 Å². The van der Waals surface area contributed by atoms with Crippen molar-refractivity contribution < 1.29 is 0 Å². The van der Waals surface area contributed by atoms with E-state index in [1.165, 1.54) is 0 Å². The third-order valence-corrected chi connectivity index (χ3v) is 1.74. The van der Waals surface area contributed by atoms with Gasteiger partial charge < -0.3 is 5.73 Å². The molecule has 1 rings (SSSR count). The van der Waals surface area contributed by atoms with Crippen LogP contribution in [0.25, 0.3) is 0 Å². The number of nitriles is 1. The molecule has 0 amide bonds. The van der Waals surface area contributed by atoms with Gasteiger partial charge in [0.25, 0.3) is 0 Å². The van der Waals surface area contributed by atoms with Gasteiger partial charge in [-0.05, 0) is 18.6 Å². The summed E-state index contributed by atoms with van der Waals surface area (Å²) >= 11 is 0. The topological polar surface area (TPSA) is 62.7 Å². The summed E-state index contributed by atoms with van der Waals surface area (Å²) in [7, 11) is 0. The summed E-state index contributed by atoms with van der Waals surface area (Å²) < 4.78 is 0. The third-order valence-electron chi connectivity index (χ3n) is 1.74. The molecule has 0 saturated carbocycles. The van der Waals surface area contributed by atoms with Gasteiger partial charge in [0.2, 0.25) is 0 Å². The predicted octanol–water partition coefficient (Wildman–Crippen LogP) is 1.36. The highest BCUT2D eigenvalue weighted by atomic mass is 14.8. The number of nitrogens with two attached hydrogens (primary N) is 1. The van der Waals surface area contributed by atoms with E-state index in [2.05, 4.69) is 4.98 Å². The molecule has 62 valence electrons. The van der Waals surface area contributed by atoms with Crippen LogP contribution < -0.4 is 5.73 Å². The SMILES string of the molecule is CC[C@H](N)c1ccc(C#N)cn1. The molecule has 0 fully saturated rings. The summed E-state index contributed by atoms with van der Waals surface area (Å²) in [6.45, 7) is 2.00. The fraction of sp³-hybridized carbons (Fsp3) is 0.333. The van der Waals surface area contributed by atoms with Gasteiger partial charge in [0, 0.05) is 12.2 Å². The summed E-state index contributed by atoms with van der Waals surface area (Å²) in [6.07, 6.45) is 2.41. The summed E-state index contributed by atoms with van der Waals surface area (Å²) in [6, 6.07) is 5.52. The molecule has 0 radical (unpaired) electrons. The molecule has 0 aliphatic carbocycles. The molecule has 3 heteroatoms. The van der Waals surface area contributed by atoms with Crippen molar-refractivity contribution in [2.45, 2.75) is 19.4 Å². The van der Waals surface area contributed by atoms with Gasteiger partial charge in [-0.3, -0.25) is 4.98 Å². The Kier molecular flexibility index (Phi) is 2.78. The molecule has 1 aromatic rings. The highest BCUT2D eigenvalue weighted by Gasteiger charge is 2.03. The Labute approximate surface area is 71.8 Å². The lowest BCUT2D eigenvalue weighted by Crippen LogP contribution is -2.10. The van der Waals surface area contributed by atoms with E-state index < -0.39 is 0 Å². The molecule has 0 spiro atoms. The Bertz CT molecular complexity index is 284. The van der Waals surface area contributed by atoms with Crippen LogP contribution in [0.1, 0.15) is 30.6 Å². The molecule has 1 aromatic heterocycles. The number of hydrogen-bond donors (Lipinski definition) is 1. The number of hydrogen-bond acceptors (Lipinski definition) is 3. The first-order valence-electron chi connectivity index (χ1n) is 3.89. The maximum Gasteiger partial charge on any atom is 0.101 e. The standard InChI is InChI=1S/C9H11N3/c1-2-8(11)9-4-3-7(5-10)6-12-9/h3-4,6,8H,2,11H2,1H3/t8-/m0/s1. The summed E-state index contributed by atoms with van der Waals surface area (Å²) in [5.41, 5.74) is 7.16. The second-order valence-electron chi connectivity index (χ2n) is 2.60. The lowest BCUT2D eigenvalue weighted by atomic mass is 10.1. The van der Waals surface area contributed by atoms with E-state index in [9.17, 15) is 0 Å². The van der Waals surface area contributed by atoms with Gasteiger partial charge in [-0.25, -0.2) is 0 Å². The molecule has 2 N–H and O–H groups in total. The lowest BCUT2D eigenvalue weighted by Gasteiger charge is -2.06. The Morgan fingerprint density at radius 2 is 2.42 bits per heavy atom. The number of aromatic nitrogens is 1. The van der Waals surface area contributed by atoms with Gasteiger partial charge in [0.1, 0.15) is 6.07 Å². The van der Waals surface area contributed by atoms with Crippen molar-refractivity contribution >= 4 is 0 Å². The van der Waals surface area contributed by atoms with Gasteiger partial charge in [-0.15, -0.1) is 0 Å². The van der Waals surface area contributed by atoms with Crippen molar-refractivity contribution in [2.24, 2.45) is 5.73 Å². The Balaban J connectivity index is 2.86. The zero-order chi connectivity index (χ0) is 8.97. The maximum atomic E-state index is 8.50. The highest BCUT2D eigenvalue weighted by molar-refractivity contribution is 5.27. The monoisotopic (exact) mass is 161 g/mol. The summed E-state index contributed by atoms with van der Waals surface area (Å²) in [4.78, 5) is 4.07. The van der Waals surface area contributed by atoms with E-state index in [1.807, 2.05) is 13.0 Å². The van der Waals surface area contributed by atoms with Gasteiger partial charge >= 0.3 is 0 Å². The van der Waals surface area contributed by atoms with Gasteiger partial charge in [0.05, 0.1) is 11.3 Å². The van der Waals surface area contributed by atoms with Crippen LogP contribution in [0.5, 0.6) is 0 Å². The Morgan fingerprint density at radius 1 is 1.67 bits per heavy atom. The molecule has 12 heavy (non-hydrogen) atoms. The first-order valence-corrected chi connectivity index (χ1v) is 3.89. The van der Waals surface area contributed by atoms with E-state index >= 15 is 0 Å². The predicted molar refractivity (Wildman–Crippen MR) is 46.2 cm³/mol. The first kappa shape index (κ1) is 8.69. The molecule has 0 aliphatic rings. The van der Waals surface area contributed by atoms with Crippen molar-refractivity contribution in [1.82, 2.24) is 4.98 Å². The molecular formula is C9H11N3. The molecular weight excluding hydrogens is 150 g/mol. The van der Waals surface area contributed by atoms with Crippen molar-refractivity contribution in [3.05, 3.63) is 29.6 Å². The van der Waals surface area contributed by atoms with Gasteiger partial charge in [-0.2, -0.15) is 5.26 Å². The van der Waals surface area contributed by atoms with Crippen molar-refractivity contribution in [3.63, 3.8) is 0 Å². The van der Waals surface area contributed by atoms with Crippen LogP contribution >= 0.6 is 0 Å². The molecule has 0 aliphatic heterocycles. The average Bonchev–Trinajstić information content (AvgIpc) is 2.17. The summed E-state index contributed by atoms with van der Waals surface area (Å²) in [5, 5.41) is 8.50. The van der Waals surface area contributed by atoms with Crippen LogP contribution in [0.15, 0.2) is 18.3 Å². The fourth-order valence-electron chi connectivity index (χ4n) is 0.900. The quantitative estimate of drug-likeness (QED) is 0.712. The molecule has 0 saturated heterocycles. The number of nitrogens with zero attached hydrogens (tertiary/aromatic N) is 2. The average molecular weight is 161 g/mol. The van der Waals surface area contributed by atoms with Crippen molar-refractivity contribution in [1.29, 1.82) is 5.26 Å². The molecule has 3 nitrogen and oxygen atoms in total. The summed E-state index contributed by atoms with van der Waals surface area (Å²) in [5.74, 6) is 0. The number of rotatable bonds is 2. The molecule has 0 unspecified atom stereocenters. The minimum absolute atomic E-state index is 0.0160. The van der Waals surface area contributed by atoms with E-state index in [0.717, 1.165) is 12.1 Å². The Hall–Kier alpha value is -1.40. The number of pyridine rings is 1. The van der Waals surface area contributed by atoms with Crippen molar-refractivity contribution in [3.8, 4) is 6.07 Å². The molecule has 0 bridgehead atoms. The molecule has 0 aromatic carbocycles. The van der Waals surface area contributed by atoms with Crippen LogP contribution in [0.2, 0.25) is 0 Å². The first-order chi connectivity index (χ1) is 5.77. The van der Waals surface area contributed by atoms with Crippen LogP contribution in [-0.4, -0.2) is 4.98 Å². The fourth-order valence-corrected chi connectivity index (χ4v) is 0.900. The van der Waals surface area contributed by atoms with Crippen molar-refractivity contribution in [2.75, 3.05) is 0 Å². The van der Waals surface area contributed by atoms with Crippen LogP contribution in [0, 0.1) is 11.3 Å². The zero-order valence-electron chi connectivity index (χ0n) is 6.99. The normalized spacial score (nSPS) is 12.1. The second-order valence-corrected chi connectivity index (χ2v) is 2.60. The maximum absolute atomic E-state index is 8.50. The minimum atomic E-state index is -0.0160. The third kappa shape index (κ3) is 1.80. The van der Waals surface area contributed by atoms with Gasteiger partial charge in [-0.1, -0.05) is 6.92 Å². The largest absolute Gasteiger partial charge is 0.323 e. The zero-order valence-corrected chi connectivity index (χ0v) is 6.99. The smallest absolute Gasteiger partial charge is 0.101 e. The molecule has 1 heterocycles. The van der Waals surface area contributed by atoms with E-state index in [0.29, 0.717) is 5.56 Å². The van der Waals surface area contributed by atoms with E-state index in [4.69, 9.17) is 11.0 Å². The Morgan fingerprint density at radius 3 is 2.83 bits per heavy atom. The minimum Gasteiger partial charge on any atom is -0.323 e. The van der Waals surface area contributed by atoms with E-state index in [1.54, 1.807) is 18.3 Å².